The molecule has 2 aromatic rings. The Kier molecular flexibility index (Phi) is 3.82. The van der Waals surface area contributed by atoms with Gasteiger partial charge in [0.1, 0.15) is 11.3 Å². The average molecular weight is 313 g/mol. The summed E-state index contributed by atoms with van der Waals surface area (Å²) in [5.41, 5.74) is 0.626. The van der Waals surface area contributed by atoms with Crippen LogP contribution in [0.1, 0.15) is 22.6 Å². The Balaban J connectivity index is 2.14. The number of imidazole rings is 1. The number of esters is 1. The molecule has 112 valence electrons. The van der Waals surface area contributed by atoms with E-state index >= 15 is 0 Å². The number of alkyl halides is 1. The first-order valence-electron chi connectivity index (χ1n) is 6.59. The van der Waals surface area contributed by atoms with Crippen molar-refractivity contribution in [3.05, 3.63) is 29.3 Å². The van der Waals surface area contributed by atoms with Gasteiger partial charge in [-0.3, -0.25) is 0 Å². The van der Waals surface area contributed by atoms with Crippen LogP contribution in [-0.2, 0) is 21.9 Å². The lowest BCUT2D eigenvalue weighted by molar-refractivity contribution is -0.0589. The van der Waals surface area contributed by atoms with E-state index in [1.54, 1.807) is 10.6 Å². The maximum absolute atomic E-state index is 14.6. The van der Waals surface area contributed by atoms with Gasteiger partial charge in [0.05, 0.1) is 36.7 Å². The Morgan fingerprint density at radius 2 is 2.38 bits per heavy atom. The molecule has 1 aliphatic rings. The molecule has 0 radical (unpaired) electrons. The van der Waals surface area contributed by atoms with Gasteiger partial charge in [0, 0.05) is 6.61 Å². The van der Waals surface area contributed by atoms with E-state index in [2.05, 4.69) is 9.72 Å². The second-order valence-corrected chi connectivity index (χ2v) is 5.11. The van der Waals surface area contributed by atoms with Crippen LogP contribution in [0.4, 0.5) is 4.39 Å². The van der Waals surface area contributed by atoms with Crippen molar-refractivity contribution in [2.45, 2.75) is 24.9 Å². The predicted molar refractivity (Wildman–Crippen MR) is 74.9 cm³/mol. The summed E-state index contributed by atoms with van der Waals surface area (Å²) in [6.45, 7) is 1.18. The minimum atomic E-state index is -0.713. The molecule has 1 unspecified atom stereocenters. The van der Waals surface area contributed by atoms with Crippen molar-refractivity contribution in [1.82, 2.24) is 9.55 Å². The van der Waals surface area contributed by atoms with Crippen molar-refractivity contribution in [1.29, 1.82) is 0 Å². The predicted octanol–water partition coefficient (Wildman–Crippen LogP) is 2.49. The fourth-order valence-electron chi connectivity index (χ4n) is 2.43. The summed E-state index contributed by atoms with van der Waals surface area (Å²) in [4.78, 5) is 15.9. The molecule has 5 nitrogen and oxygen atoms in total. The van der Waals surface area contributed by atoms with Gasteiger partial charge in [0.2, 0.25) is 0 Å². The van der Waals surface area contributed by atoms with Crippen molar-refractivity contribution in [2.75, 3.05) is 13.7 Å². The van der Waals surface area contributed by atoms with Crippen molar-refractivity contribution in [3.8, 4) is 0 Å². The molecule has 1 atom stereocenters. The summed E-state index contributed by atoms with van der Waals surface area (Å²) in [5.74, 6) is -0.630. The molecule has 3 rings (SSSR count). The fourth-order valence-corrected chi connectivity index (χ4v) is 2.63. The normalized spacial score (nSPS) is 17.8. The third-order valence-electron chi connectivity index (χ3n) is 3.63. The Morgan fingerprint density at radius 3 is 2.95 bits per heavy atom. The summed E-state index contributed by atoms with van der Waals surface area (Å²) >= 11 is 5.89. The van der Waals surface area contributed by atoms with Gasteiger partial charge >= 0.3 is 5.97 Å². The molecule has 1 saturated heterocycles. The molecule has 0 saturated carbocycles. The van der Waals surface area contributed by atoms with E-state index in [0.717, 1.165) is 6.42 Å². The zero-order chi connectivity index (χ0) is 15.0. The van der Waals surface area contributed by atoms with Crippen LogP contribution in [0, 0.1) is 5.82 Å². The van der Waals surface area contributed by atoms with E-state index in [0.29, 0.717) is 24.5 Å². The highest BCUT2D eigenvalue weighted by Gasteiger charge is 2.25. The molecule has 0 bridgehead atoms. The Labute approximate surface area is 125 Å². The zero-order valence-electron chi connectivity index (χ0n) is 11.4. The number of aromatic nitrogens is 2. The summed E-state index contributed by atoms with van der Waals surface area (Å²) in [5, 5.41) is 0. The largest absolute Gasteiger partial charge is 0.465 e. The molecule has 1 aliphatic heterocycles. The zero-order valence-corrected chi connectivity index (χ0v) is 12.2. The maximum Gasteiger partial charge on any atom is 0.340 e. The lowest BCUT2D eigenvalue weighted by atomic mass is 10.1. The molecule has 0 aliphatic carbocycles. The molecule has 1 aromatic heterocycles. The van der Waals surface area contributed by atoms with Crippen molar-refractivity contribution in [2.24, 2.45) is 0 Å². The second-order valence-electron chi connectivity index (χ2n) is 4.84. The monoisotopic (exact) mass is 312 g/mol. The number of carbonyl (C=O) groups is 1. The summed E-state index contributed by atoms with van der Waals surface area (Å²) in [6, 6.07) is 2.97. The van der Waals surface area contributed by atoms with E-state index in [-0.39, 0.29) is 23.1 Å². The van der Waals surface area contributed by atoms with Crippen LogP contribution in [0.25, 0.3) is 11.0 Å². The van der Waals surface area contributed by atoms with E-state index in [9.17, 15) is 9.18 Å². The van der Waals surface area contributed by atoms with E-state index < -0.39 is 11.8 Å². The van der Waals surface area contributed by atoms with Gasteiger partial charge in [-0.15, -0.1) is 11.6 Å². The fraction of sp³-hybridized carbons (Fsp3) is 0.429. The molecule has 2 heterocycles. The van der Waals surface area contributed by atoms with Crippen LogP contribution in [0.3, 0.4) is 0 Å². The number of carbonyl (C=O) groups excluding carboxylic acids is 1. The number of hydrogen-bond acceptors (Lipinski definition) is 4. The van der Waals surface area contributed by atoms with Crippen LogP contribution < -0.4 is 0 Å². The third kappa shape index (κ3) is 2.38. The van der Waals surface area contributed by atoms with Gasteiger partial charge in [0.15, 0.2) is 5.82 Å². The summed E-state index contributed by atoms with van der Waals surface area (Å²) in [6.07, 6.45) is 0.949. The highest BCUT2D eigenvalue weighted by atomic mass is 35.5. The van der Waals surface area contributed by atoms with Gasteiger partial charge in [-0.25, -0.2) is 14.2 Å². The molecule has 21 heavy (non-hydrogen) atoms. The molecule has 0 spiro atoms. The number of rotatable bonds is 4. The minimum absolute atomic E-state index is 0.0329. The van der Waals surface area contributed by atoms with E-state index in [4.69, 9.17) is 16.3 Å². The van der Waals surface area contributed by atoms with Crippen LogP contribution >= 0.6 is 11.6 Å². The quantitative estimate of drug-likeness (QED) is 0.643. The molecule has 1 fully saturated rings. The molecule has 1 aromatic carbocycles. The van der Waals surface area contributed by atoms with Crippen LogP contribution in [0.15, 0.2) is 12.1 Å². The van der Waals surface area contributed by atoms with Gasteiger partial charge in [-0.05, 0) is 18.6 Å². The number of methoxy groups -OCH3 is 1. The molecular formula is C14H14ClFN2O3. The first-order chi connectivity index (χ1) is 10.2. The summed E-state index contributed by atoms with van der Waals surface area (Å²) < 4.78 is 26.3. The van der Waals surface area contributed by atoms with Gasteiger partial charge in [0.25, 0.3) is 0 Å². The first-order valence-corrected chi connectivity index (χ1v) is 7.12. The van der Waals surface area contributed by atoms with E-state index in [1.807, 2.05) is 0 Å². The highest BCUT2D eigenvalue weighted by molar-refractivity contribution is 6.16. The van der Waals surface area contributed by atoms with Gasteiger partial charge < -0.3 is 14.0 Å². The first kappa shape index (κ1) is 14.3. The highest BCUT2D eigenvalue weighted by Crippen LogP contribution is 2.26. The van der Waals surface area contributed by atoms with Crippen molar-refractivity contribution < 1.29 is 18.7 Å². The number of fused-ring (bicyclic) bond motifs is 1. The number of ether oxygens (including phenoxy) is 2. The number of hydrogen-bond donors (Lipinski definition) is 0. The Hall–Kier alpha value is -1.66. The molecule has 0 N–H and O–H groups in total. The van der Waals surface area contributed by atoms with Crippen molar-refractivity contribution >= 4 is 28.6 Å². The van der Waals surface area contributed by atoms with Gasteiger partial charge in [-0.2, -0.15) is 0 Å². The average Bonchev–Trinajstić information content (AvgIpc) is 2.81. The standard InChI is InChI=1S/C14H14ClFN2O3/c1-20-14(19)9-2-3-10-13(12(9)16)18(11(6-15)17-10)7-8-4-5-21-8/h2-3,8H,4-7H2,1H3. The summed E-state index contributed by atoms with van der Waals surface area (Å²) in [7, 11) is 1.22. The van der Waals surface area contributed by atoms with Crippen LogP contribution in [-0.4, -0.2) is 35.3 Å². The van der Waals surface area contributed by atoms with Crippen LogP contribution in [0.5, 0.6) is 0 Å². The number of nitrogens with zero attached hydrogens (tertiary/aromatic N) is 2. The lowest BCUT2D eigenvalue weighted by Gasteiger charge is -2.27. The Morgan fingerprint density at radius 1 is 1.62 bits per heavy atom. The second kappa shape index (κ2) is 5.61. The number of halogens is 2. The van der Waals surface area contributed by atoms with Gasteiger partial charge in [-0.1, -0.05) is 0 Å². The number of benzene rings is 1. The molecular weight excluding hydrogens is 299 g/mol. The van der Waals surface area contributed by atoms with Crippen molar-refractivity contribution in [3.63, 3.8) is 0 Å². The van der Waals surface area contributed by atoms with Crippen LogP contribution in [0.2, 0.25) is 0 Å². The third-order valence-corrected chi connectivity index (χ3v) is 3.87. The molecule has 0 amide bonds. The molecule has 7 heteroatoms. The minimum Gasteiger partial charge on any atom is -0.465 e. The Bertz CT molecular complexity index is 697. The topological polar surface area (TPSA) is 53.3 Å². The smallest absolute Gasteiger partial charge is 0.340 e. The van der Waals surface area contributed by atoms with E-state index in [1.165, 1.54) is 13.2 Å². The lowest BCUT2D eigenvalue weighted by Crippen LogP contribution is -2.31. The SMILES string of the molecule is COC(=O)c1ccc2nc(CCl)n(CC3CCO3)c2c1F. The maximum atomic E-state index is 14.6.